The number of aryl methyl sites for hydroxylation is 1. The van der Waals surface area contributed by atoms with Crippen molar-refractivity contribution in [1.82, 2.24) is 4.57 Å². The maximum atomic E-state index is 13.6. The molecule has 2 unspecified atom stereocenters. The fourth-order valence-corrected chi connectivity index (χ4v) is 6.58. The number of hydrogen-bond donors (Lipinski definition) is 0. The number of ether oxygens (including phenoxy) is 1. The molecule has 9 heteroatoms. The van der Waals surface area contributed by atoms with E-state index in [4.69, 9.17) is 4.74 Å². The number of pyridine rings is 1. The Bertz CT molecular complexity index is 1700. The second kappa shape index (κ2) is 10.5. The standard InChI is InChI=1S/C31H30F3NO4S/c1-19-18-35(25-11-7-22(8-12-25)17-23-15-20(2)39-21(3)16-23)30(36)28-6-4-5-27(29(19)28)24-9-13-26(14-10-24)40(37,38)31(32,33)34/h4-14,18,20-21,23H,15-17H2,1-3H3/t20-,21?,23?/m1/s1. The highest BCUT2D eigenvalue weighted by molar-refractivity contribution is 7.92. The molecular weight excluding hydrogens is 539 g/mol. The molecule has 1 aromatic heterocycles. The molecule has 3 atom stereocenters. The third-order valence-electron chi connectivity index (χ3n) is 7.55. The monoisotopic (exact) mass is 569 g/mol. The molecule has 0 amide bonds. The van der Waals surface area contributed by atoms with Gasteiger partial charge in [-0.3, -0.25) is 9.36 Å². The summed E-state index contributed by atoms with van der Waals surface area (Å²) in [5.41, 5.74) is -1.72. The zero-order valence-corrected chi connectivity index (χ0v) is 23.2. The maximum absolute atomic E-state index is 13.6. The first-order chi connectivity index (χ1) is 18.8. The van der Waals surface area contributed by atoms with Crippen LogP contribution in [0.15, 0.2) is 82.6 Å². The summed E-state index contributed by atoms with van der Waals surface area (Å²) in [6.07, 6.45) is 5.27. The Kier molecular flexibility index (Phi) is 7.39. The topological polar surface area (TPSA) is 65.4 Å². The molecule has 2 heterocycles. The summed E-state index contributed by atoms with van der Waals surface area (Å²) in [5.74, 6) is 0.552. The molecule has 0 aliphatic carbocycles. The van der Waals surface area contributed by atoms with Crippen LogP contribution in [0.1, 0.15) is 37.8 Å². The summed E-state index contributed by atoms with van der Waals surface area (Å²) < 4.78 is 69.8. The molecule has 5 rings (SSSR count). The lowest BCUT2D eigenvalue weighted by Crippen LogP contribution is -2.30. The van der Waals surface area contributed by atoms with E-state index in [1.165, 1.54) is 17.7 Å². The molecule has 1 saturated heterocycles. The predicted octanol–water partition coefficient (Wildman–Crippen LogP) is 7.01. The fraction of sp³-hybridized carbons (Fsp3) is 0.323. The number of hydrogen-bond acceptors (Lipinski definition) is 4. The highest BCUT2D eigenvalue weighted by Gasteiger charge is 2.46. The average molecular weight is 570 g/mol. The summed E-state index contributed by atoms with van der Waals surface area (Å²) in [4.78, 5) is 12.8. The van der Waals surface area contributed by atoms with Crippen molar-refractivity contribution < 1.29 is 26.3 Å². The van der Waals surface area contributed by atoms with E-state index in [1.807, 2.05) is 19.1 Å². The van der Waals surface area contributed by atoms with Gasteiger partial charge in [-0.1, -0.05) is 36.4 Å². The third kappa shape index (κ3) is 5.32. The fourth-order valence-electron chi connectivity index (χ4n) is 5.82. The smallest absolute Gasteiger partial charge is 0.376 e. The number of benzene rings is 3. The minimum Gasteiger partial charge on any atom is -0.376 e. The highest BCUT2D eigenvalue weighted by atomic mass is 32.2. The Morgan fingerprint density at radius 1 is 0.925 bits per heavy atom. The number of alkyl halides is 3. The predicted molar refractivity (Wildman–Crippen MR) is 149 cm³/mol. The lowest BCUT2D eigenvalue weighted by molar-refractivity contribution is -0.0518. The second-order valence-corrected chi connectivity index (χ2v) is 12.6. The van der Waals surface area contributed by atoms with Gasteiger partial charge in [0.05, 0.1) is 17.1 Å². The average Bonchev–Trinajstić information content (AvgIpc) is 2.90. The van der Waals surface area contributed by atoms with Gasteiger partial charge in [-0.15, -0.1) is 0 Å². The molecule has 40 heavy (non-hydrogen) atoms. The van der Waals surface area contributed by atoms with Gasteiger partial charge < -0.3 is 4.74 Å². The Morgan fingerprint density at radius 2 is 1.55 bits per heavy atom. The zero-order chi connectivity index (χ0) is 28.8. The Labute approximate surface area is 231 Å². The molecule has 0 spiro atoms. The van der Waals surface area contributed by atoms with Gasteiger partial charge in [0.15, 0.2) is 0 Å². The molecule has 210 valence electrons. The molecule has 1 aliphatic heterocycles. The summed E-state index contributed by atoms with van der Waals surface area (Å²) in [7, 11) is -5.44. The van der Waals surface area contributed by atoms with Gasteiger partial charge in [-0.05, 0) is 104 Å². The number of fused-ring (bicyclic) bond motifs is 1. The Balaban J connectivity index is 1.47. The van der Waals surface area contributed by atoms with Crippen molar-refractivity contribution in [3.05, 3.63) is 94.4 Å². The van der Waals surface area contributed by atoms with Crippen molar-refractivity contribution in [3.8, 4) is 16.8 Å². The van der Waals surface area contributed by atoms with E-state index in [2.05, 4.69) is 26.0 Å². The van der Waals surface area contributed by atoms with E-state index in [1.54, 1.807) is 29.0 Å². The molecule has 1 aliphatic rings. The van der Waals surface area contributed by atoms with Crippen LogP contribution in [0, 0.1) is 12.8 Å². The lowest BCUT2D eigenvalue weighted by atomic mass is 9.87. The largest absolute Gasteiger partial charge is 0.501 e. The van der Waals surface area contributed by atoms with E-state index in [9.17, 15) is 26.4 Å². The van der Waals surface area contributed by atoms with Crippen molar-refractivity contribution in [3.63, 3.8) is 0 Å². The summed E-state index contributed by atoms with van der Waals surface area (Å²) in [6.45, 7) is 6.09. The quantitative estimate of drug-likeness (QED) is 0.260. The highest BCUT2D eigenvalue weighted by Crippen LogP contribution is 2.34. The molecule has 1 fully saturated rings. The van der Waals surface area contributed by atoms with Crippen molar-refractivity contribution in [1.29, 1.82) is 0 Å². The Hall–Kier alpha value is -3.43. The van der Waals surface area contributed by atoms with Crippen LogP contribution >= 0.6 is 0 Å². The van der Waals surface area contributed by atoms with Gasteiger partial charge in [0.1, 0.15) is 0 Å². The van der Waals surface area contributed by atoms with Crippen LogP contribution in [-0.2, 0) is 21.0 Å². The first kappa shape index (κ1) is 28.1. The van der Waals surface area contributed by atoms with E-state index < -0.39 is 20.2 Å². The summed E-state index contributed by atoms with van der Waals surface area (Å²) >= 11 is 0. The van der Waals surface area contributed by atoms with Gasteiger partial charge in [0, 0.05) is 17.3 Å². The minimum atomic E-state index is -5.44. The Morgan fingerprint density at radius 3 is 2.15 bits per heavy atom. The number of nitrogens with zero attached hydrogens (tertiary/aromatic N) is 1. The zero-order valence-electron chi connectivity index (χ0n) is 22.4. The van der Waals surface area contributed by atoms with Crippen LogP contribution in [0.2, 0.25) is 0 Å². The molecule has 0 N–H and O–H groups in total. The van der Waals surface area contributed by atoms with Crippen LogP contribution < -0.4 is 5.56 Å². The number of rotatable bonds is 5. The van der Waals surface area contributed by atoms with Gasteiger partial charge >= 0.3 is 5.51 Å². The van der Waals surface area contributed by atoms with Crippen molar-refractivity contribution in [2.24, 2.45) is 5.92 Å². The van der Waals surface area contributed by atoms with E-state index >= 15 is 0 Å². The van der Waals surface area contributed by atoms with Gasteiger partial charge in [0.25, 0.3) is 15.4 Å². The van der Waals surface area contributed by atoms with Crippen molar-refractivity contribution in [2.75, 3.05) is 0 Å². The molecule has 0 bridgehead atoms. The van der Waals surface area contributed by atoms with Crippen LogP contribution in [0.5, 0.6) is 0 Å². The number of sulfone groups is 1. The number of aromatic nitrogens is 1. The van der Waals surface area contributed by atoms with Gasteiger partial charge in [0.2, 0.25) is 0 Å². The number of halogens is 3. The summed E-state index contributed by atoms with van der Waals surface area (Å²) in [5, 5.41) is 1.12. The molecule has 3 aromatic carbocycles. The first-order valence-electron chi connectivity index (χ1n) is 13.2. The summed E-state index contributed by atoms with van der Waals surface area (Å²) in [6, 6.07) is 17.7. The molecule has 0 radical (unpaired) electrons. The SMILES string of the molecule is Cc1cn(-c2ccc(CC3CC(C)O[C@H](C)C3)cc2)c(=O)c2cccc(-c3ccc(S(=O)(=O)C(F)(F)F)cc3)c12. The molecule has 4 aromatic rings. The van der Waals surface area contributed by atoms with Crippen molar-refractivity contribution >= 4 is 20.6 Å². The molecular formula is C31H30F3NO4S. The van der Waals surface area contributed by atoms with E-state index in [-0.39, 0.29) is 17.8 Å². The van der Waals surface area contributed by atoms with Crippen LogP contribution in [0.25, 0.3) is 27.6 Å². The van der Waals surface area contributed by atoms with Crippen LogP contribution in [0.3, 0.4) is 0 Å². The maximum Gasteiger partial charge on any atom is 0.501 e. The molecule has 5 nitrogen and oxygen atoms in total. The van der Waals surface area contributed by atoms with E-state index in [0.717, 1.165) is 42.6 Å². The van der Waals surface area contributed by atoms with Crippen molar-refractivity contribution in [2.45, 2.75) is 62.6 Å². The van der Waals surface area contributed by atoms with Crippen LogP contribution in [0.4, 0.5) is 13.2 Å². The minimum absolute atomic E-state index is 0.224. The second-order valence-electron chi connectivity index (χ2n) is 10.7. The molecule has 0 saturated carbocycles. The van der Waals surface area contributed by atoms with E-state index in [0.29, 0.717) is 27.8 Å². The van der Waals surface area contributed by atoms with Crippen LogP contribution in [-0.4, -0.2) is 30.7 Å². The normalized spacial score (nSPS) is 20.1. The third-order valence-corrected chi connectivity index (χ3v) is 9.05. The van der Waals surface area contributed by atoms with Gasteiger partial charge in [-0.25, -0.2) is 8.42 Å². The first-order valence-corrected chi connectivity index (χ1v) is 14.6. The van der Waals surface area contributed by atoms with Gasteiger partial charge in [-0.2, -0.15) is 13.2 Å². The lowest BCUT2D eigenvalue weighted by Gasteiger charge is -2.32.